The van der Waals surface area contributed by atoms with Crippen molar-refractivity contribution in [2.24, 2.45) is 0 Å². The molecule has 4 aromatic rings. The van der Waals surface area contributed by atoms with Gasteiger partial charge in [-0.25, -0.2) is 18.0 Å². The van der Waals surface area contributed by atoms with Crippen molar-refractivity contribution in [2.75, 3.05) is 26.4 Å². The molecule has 0 spiro atoms. The van der Waals surface area contributed by atoms with Crippen LogP contribution in [0.25, 0.3) is 0 Å². The molecule has 0 bridgehead atoms. The predicted molar refractivity (Wildman–Crippen MR) is 164 cm³/mol. The summed E-state index contributed by atoms with van der Waals surface area (Å²) in [5, 5.41) is 0. The zero-order chi connectivity index (χ0) is 32.2. The summed E-state index contributed by atoms with van der Waals surface area (Å²) in [6, 6.07) is 22.6. The minimum absolute atomic E-state index is 0.0857. The Morgan fingerprint density at radius 2 is 0.913 bits per heavy atom. The van der Waals surface area contributed by atoms with Gasteiger partial charge in [-0.05, 0) is 73.5 Å². The third-order valence-corrected chi connectivity index (χ3v) is 10.3. The van der Waals surface area contributed by atoms with Gasteiger partial charge in [0, 0.05) is 22.3 Å². The zero-order valence-electron chi connectivity index (χ0n) is 24.2. The first-order valence-corrected chi connectivity index (χ1v) is 16.6. The Bertz CT molecular complexity index is 1790. The first kappa shape index (κ1) is 31.1. The van der Waals surface area contributed by atoms with Gasteiger partial charge in [-0.15, -0.1) is 0 Å². The Hall–Kier alpha value is -4.94. The maximum absolute atomic E-state index is 12.9. The summed E-state index contributed by atoms with van der Waals surface area (Å²) in [7, 11) is -2.98. The number of esters is 2. The second-order valence-electron chi connectivity index (χ2n) is 10.2. The molecule has 234 valence electrons. The average Bonchev–Trinajstić information content (AvgIpc) is 3.09. The van der Waals surface area contributed by atoms with Crippen LogP contribution in [0.3, 0.4) is 0 Å². The molecule has 2 heterocycles. The Kier molecular flexibility index (Phi) is 9.18. The number of ketones is 2. The van der Waals surface area contributed by atoms with Crippen molar-refractivity contribution in [1.82, 2.24) is 0 Å². The van der Waals surface area contributed by atoms with Crippen LogP contribution in [-0.4, -0.2) is 58.4 Å². The van der Waals surface area contributed by atoms with Gasteiger partial charge in [0.05, 0.1) is 54.4 Å². The van der Waals surface area contributed by atoms with Crippen LogP contribution in [-0.2, 0) is 40.7 Å². The molecule has 2 aliphatic rings. The van der Waals surface area contributed by atoms with Crippen molar-refractivity contribution in [1.29, 1.82) is 0 Å². The Morgan fingerprint density at radius 3 is 1.35 bits per heavy atom. The average molecular weight is 659 g/mol. The molecular weight excluding hydrogens is 632 g/mol. The van der Waals surface area contributed by atoms with Crippen LogP contribution in [0, 0.1) is 0 Å². The number of fused-ring (bicyclic) bond motifs is 4. The summed E-state index contributed by atoms with van der Waals surface area (Å²) < 4.78 is 47.0. The van der Waals surface area contributed by atoms with E-state index in [-0.39, 0.29) is 60.6 Å². The fourth-order valence-corrected chi connectivity index (χ4v) is 7.66. The molecule has 10 nitrogen and oxygen atoms in total. The van der Waals surface area contributed by atoms with E-state index in [2.05, 4.69) is 0 Å². The van der Waals surface area contributed by atoms with Gasteiger partial charge in [0.1, 0.15) is 11.5 Å². The van der Waals surface area contributed by atoms with Gasteiger partial charge in [-0.2, -0.15) is 0 Å². The van der Waals surface area contributed by atoms with E-state index in [0.29, 0.717) is 43.6 Å². The summed E-state index contributed by atoms with van der Waals surface area (Å²) in [5.41, 5.74) is 1.29. The van der Waals surface area contributed by atoms with Gasteiger partial charge in [-0.3, -0.25) is 9.59 Å². The molecule has 12 heteroatoms. The van der Waals surface area contributed by atoms with Crippen LogP contribution in [0.5, 0.6) is 11.5 Å². The van der Waals surface area contributed by atoms with Crippen LogP contribution in [0.2, 0.25) is 0 Å². The van der Waals surface area contributed by atoms with Crippen molar-refractivity contribution in [3.05, 3.63) is 107 Å². The number of carbonyl (C=O) groups excluding carboxylic acids is 4. The molecule has 0 fully saturated rings. The van der Waals surface area contributed by atoms with E-state index < -0.39 is 33.5 Å². The van der Waals surface area contributed by atoms with E-state index in [9.17, 15) is 27.6 Å². The van der Waals surface area contributed by atoms with E-state index in [1.54, 1.807) is 72.8 Å². The van der Waals surface area contributed by atoms with Gasteiger partial charge in [0.2, 0.25) is 0 Å². The maximum Gasteiger partial charge on any atom is 0.344 e. The molecule has 2 aliphatic heterocycles. The van der Waals surface area contributed by atoms with Crippen LogP contribution >= 0.6 is 0 Å². The third-order valence-electron chi connectivity index (χ3n) is 7.23. The number of rotatable bonds is 11. The molecule has 0 aliphatic carbocycles. The van der Waals surface area contributed by atoms with E-state index in [1.165, 1.54) is 12.1 Å². The number of unbranched alkanes of at least 4 members (excludes halogenated alkanes) is 1. The molecule has 0 amide bonds. The Balaban J connectivity index is 0.884. The molecule has 46 heavy (non-hydrogen) atoms. The van der Waals surface area contributed by atoms with Crippen molar-refractivity contribution < 1.29 is 46.5 Å². The molecule has 4 aromatic carbocycles. The lowest BCUT2D eigenvalue weighted by Gasteiger charge is -2.18. The summed E-state index contributed by atoms with van der Waals surface area (Å²) in [4.78, 5) is 51.7. The van der Waals surface area contributed by atoms with Crippen molar-refractivity contribution >= 4 is 45.1 Å². The SMILES string of the molecule is O=C(COc1ccc2c(c1)C(=O)c1ccccc1S2=O)OCCCCOC(=O)COc1ccc2c(c1)C(=O)c1ccccc1S2=O. The summed E-state index contributed by atoms with van der Waals surface area (Å²) in [6.07, 6.45) is 0.869. The number of carbonyl (C=O) groups is 4. The quantitative estimate of drug-likeness (QED) is 0.145. The van der Waals surface area contributed by atoms with E-state index in [1.807, 2.05) is 0 Å². The third kappa shape index (κ3) is 6.40. The lowest BCUT2D eigenvalue weighted by atomic mass is 10.0. The van der Waals surface area contributed by atoms with Gasteiger partial charge < -0.3 is 18.9 Å². The molecule has 2 unspecified atom stereocenters. The predicted octanol–water partition coefficient (Wildman–Crippen LogP) is 4.43. The van der Waals surface area contributed by atoms with Crippen LogP contribution in [0.4, 0.5) is 0 Å². The van der Waals surface area contributed by atoms with Gasteiger partial charge >= 0.3 is 11.9 Å². The molecule has 0 aromatic heterocycles. The lowest BCUT2D eigenvalue weighted by Crippen LogP contribution is -2.19. The molecule has 2 atom stereocenters. The Morgan fingerprint density at radius 1 is 0.522 bits per heavy atom. The summed E-state index contributed by atoms with van der Waals surface area (Å²) in [6.45, 7) is -0.587. The van der Waals surface area contributed by atoms with E-state index in [4.69, 9.17) is 18.9 Å². The standard InChI is InChI=1S/C34H26O10S2/c35-31(19-43-21-11-13-29-25(17-21)33(37)23-7-1-3-9-27(23)45(29)39)41-15-5-6-16-42-32(36)20-44-22-12-14-30-26(18-22)34(38)24-8-2-4-10-28(24)46(30)40/h1-4,7-14,17-18H,5-6,15-16,19-20H2. The number of hydrogen-bond acceptors (Lipinski definition) is 10. The highest BCUT2D eigenvalue weighted by Crippen LogP contribution is 2.34. The fraction of sp³-hybridized carbons (Fsp3) is 0.176. The van der Waals surface area contributed by atoms with Crippen molar-refractivity contribution in [3.8, 4) is 11.5 Å². The monoisotopic (exact) mass is 658 g/mol. The van der Waals surface area contributed by atoms with Gasteiger partial charge in [0.15, 0.2) is 24.8 Å². The smallest absolute Gasteiger partial charge is 0.344 e. The number of benzene rings is 4. The highest BCUT2D eigenvalue weighted by molar-refractivity contribution is 7.85. The number of ether oxygens (including phenoxy) is 4. The van der Waals surface area contributed by atoms with E-state index >= 15 is 0 Å². The van der Waals surface area contributed by atoms with Crippen LogP contribution < -0.4 is 9.47 Å². The van der Waals surface area contributed by atoms with Crippen LogP contribution in [0.1, 0.15) is 44.7 Å². The molecule has 0 radical (unpaired) electrons. The van der Waals surface area contributed by atoms with Crippen LogP contribution in [0.15, 0.2) is 105 Å². The first-order chi connectivity index (χ1) is 22.3. The largest absolute Gasteiger partial charge is 0.482 e. The zero-order valence-corrected chi connectivity index (χ0v) is 25.9. The van der Waals surface area contributed by atoms with Crippen molar-refractivity contribution in [3.63, 3.8) is 0 Å². The first-order valence-electron chi connectivity index (χ1n) is 14.3. The summed E-state index contributed by atoms with van der Waals surface area (Å²) in [5.74, 6) is -1.19. The second-order valence-corrected chi connectivity index (χ2v) is 13.1. The molecular formula is C34H26O10S2. The highest BCUT2D eigenvalue weighted by atomic mass is 32.2. The normalized spacial score (nSPS) is 15.9. The van der Waals surface area contributed by atoms with Gasteiger partial charge in [0.25, 0.3) is 0 Å². The van der Waals surface area contributed by atoms with Gasteiger partial charge in [-0.1, -0.05) is 24.3 Å². The molecule has 0 saturated heterocycles. The molecule has 0 N–H and O–H groups in total. The maximum atomic E-state index is 12.9. The minimum Gasteiger partial charge on any atom is -0.482 e. The van der Waals surface area contributed by atoms with E-state index in [0.717, 1.165) is 0 Å². The topological polar surface area (TPSA) is 139 Å². The molecule has 6 rings (SSSR count). The van der Waals surface area contributed by atoms with Crippen molar-refractivity contribution in [2.45, 2.75) is 32.4 Å². The second kappa shape index (κ2) is 13.6. The molecule has 0 saturated carbocycles. The highest BCUT2D eigenvalue weighted by Gasteiger charge is 2.30. The number of hydrogen-bond donors (Lipinski definition) is 0. The fourth-order valence-electron chi connectivity index (χ4n) is 4.98. The summed E-state index contributed by atoms with van der Waals surface area (Å²) >= 11 is 0. The Labute approximate surface area is 268 Å². The minimum atomic E-state index is -1.49. The lowest BCUT2D eigenvalue weighted by molar-refractivity contribution is -0.148.